The molecule has 3 atom stereocenters. The summed E-state index contributed by atoms with van der Waals surface area (Å²) in [5.74, 6) is -1.16. The van der Waals surface area contributed by atoms with E-state index in [9.17, 15) is 27.9 Å². The Morgan fingerprint density at radius 2 is 2.20 bits per heavy atom. The lowest BCUT2D eigenvalue weighted by molar-refractivity contribution is -0.342. The minimum atomic E-state index is -5.13. The molecule has 0 saturated carbocycles. The first kappa shape index (κ1) is 21.7. The molecule has 2 aromatic heterocycles. The molecule has 2 aromatic rings. The number of fused-ring (bicyclic) bond motifs is 1. The van der Waals surface area contributed by atoms with Crippen LogP contribution in [0.15, 0.2) is 16.3 Å². The second-order valence-corrected chi connectivity index (χ2v) is 6.59. The lowest BCUT2D eigenvalue weighted by Gasteiger charge is -2.21. The van der Waals surface area contributed by atoms with Gasteiger partial charge in [-0.15, -0.1) is 13.2 Å². The van der Waals surface area contributed by atoms with Crippen molar-refractivity contribution in [2.24, 2.45) is 11.1 Å². The molecule has 4 N–H and O–H groups in total. The molecule has 164 valence electrons. The first-order chi connectivity index (χ1) is 14.1. The van der Waals surface area contributed by atoms with E-state index in [2.05, 4.69) is 30.2 Å². The molecule has 1 aliphatic rings. The van der Waals surface area contributed by atoms with Crippen molar-refractivity contribution in [1.82, 2.24) is 19.5 Å². The largest absolute Gasteiger partial charge is 0.523 e. The Kier molecular flexibility index (Phi) is 5.78. The number of rotatable bonds is 5. The first-order valence-corrected chi connectivity index (χ1v) is 8.56. The number of aliphatic hydroxyl groups excluding tert-OH is 1. The maximum atomic E-state index is 12.9. The molecule has 0 aliphatic carbocycles. The van der Waals surface area contributed by atoms with E-state index in [1.807, 2.05) is 0 Å². The second kappa shape index (κ2) is 8.00. The summed E-state index contributed by atoms with van der Waals surface area (Å²) in [6.07, 6.45) is -9.20. The van der Waals surface area contributed by atoms with Gasteiger partial charge in [0.25, 0.3) is 5.56 Å². The summed E-state index contributed by atoms with van der Waals surface area (Å²) in [5, 5.41) is 23.6. The van der Waals surface area contributed by atoms with E-state index in [1.54, 1.807) is 13.8 Å². The van der Waals surface area contributed by atoms with Crippen molar-refractivity contribution in [2.75, 3.05) is 11.9 Å². The maximum absolute atomic E-state index is 12.9. The standard InChI is InChI=1S/C15H17F3N6O6/c1-5(2)11(26)21-14-20-10-8(12(27)22-14)19-4-24(10)13-9(30-15(16,17)18)7(23-28)6(3-25)29-13/h4-6,9,13,25,28H,3H2,1-2H3,(H2,20,21,22,26,27)/b23-7-/t6-,9-,13-/m1/s1. The van der Waals surface area contributed by atoms with Crippen molar-refractivity contribution in [3.05, 3.63) is 16.7 Å². The van der Waals surface area contributed by atoms with Gasteiger partial charge in [-0.2, -0.15) is 4.98 Å². The van der Waals surface area contributed by atoms with E-state index in [-0.39, 0.29) is 17.1 Å². The third-order valence-electron chi connectivity index (χ3n) is 4.20. The zero-order valence-corrected chi connectivity index (χ0v) is 15.5. The van der Waals surface area contributed by atoms with E-state index in [0.717, 1.165) is 10.9 Å². The fraction of sp³-hybridized carbons (Fsp3) is 0.533. The number of amides is 1. The lowest BCUT2D eigenvalue weighted by atomic mass is 10.1. The SMILES string of the molecule is CC(C)C(=O)Nc1nc2c(ncn2[C@@H]2O[C@H](CO)/C(=N/O)[C@H]2OC(F)(F)F)c(=O)[nH]1. The average molecular weight is 434 g/mol. The van der Waals surface area contributed by atoms with E-state index >= 15 is 0 Å². The average Bonchev–Trinajstić information content (AvgIpc) is 3.21. The summed E-state index contributed by atoms with van der Waals surface area (Å²) in [4.78, 5) is 34.3. The zero-order chi connectivity index (χ0) is 22.2. The van der Waals surface area contributed by atoms with Crippen LogP contribution in [0.1, 0.15) is 20.1 Å². The molecule has 3 heterocycles. The molecule has 0 bridgehead atoms. The molecule has 3 rings (SSSR count). The van der Waals surface area contributed by atoms with Crippen LogP contribution in [0.4, 0.5) is 19.1 Å². The van der Waals surface area contributed by atoms with Crippen LogP contribution < -0.4 is 10.9 Å². The highest BCUT2D eigenvalue weighted by atomic mass is 19.4. The van der Waals surface area contributed by atoms with Crippen LogP contribution in [0.2, 0.25) is 0 Å². The first-order valence-electron chi connectivity index (χ1n) is 8.56. The van der Waals surface area contributed by atoms with Gasteiger partial charge in [0.1, 0.15) is 11.8 Å². The number of hydrogen-bond donors (Lipinski definition) is 4. The predicted molar refractivity (Wildman–Crippen MR) is 92.8 cm³/mol. The van der Waals surface area contributed by atoms with Crippen molar-refractivity contribution in [3.8, 4) is 0 Å². The number of carbonyl (C=O) groups excluding carboxylic acids is 1. The van der Waals surface area contributed by atoms with Crippen LogP contribution in [-0.4, -0.2) is 66.6 Å². The minimum Gasteiger partial charge on any atom is -0.411 e. The number of hydrogen-bond acceptors (Lipinski definition) is 9. The normalized spacial score (nSPS) is 23.6. The summed E-state index contributed by atoms with van der Waals surface area (Å²) >= 11 is 0. The predicted octanol–water partition coefficient (Wildman–Crippen LogP) is 0.339. The number of aromatic nitrogens is 4. The second-order valence-electron chi connectivity index (χ2n) is 6.59. The number of oxime groups is 1. The number of halogens is 3. The van der Waals surface area contributed by atoms with Gasteiger partial charge >= 0.3 is 6.36 Å². The third kappa shape index (κ3) is 4.12. The number of anilines is 1. The van der Waals surface area contributed by atoms with E-state index in [0.29, 0.717) is 0 Å². The Labute approximate surface area is 165 Å². The number of aromatic amines is 1. The van der Waals surface area contributed by atoms with Gasteiger partial charge in [-0.3, -0.25) is 29.2 Å². The lowest BCUT2D eigenvalue weighted by Crippen LogP contribution is -2.35. The number of alkyl halides is 3. The maximum Gasteiger partial charge on any atom is 0.523 e. The molecule has 0 unspecified atom stereocenters. The number of ether oxygens (including phenoxy) is 2. The number of nitrogens with zero attached hydrogens (tertiary/aromatic N) is 4. The van der Waals surface area contributed by atoms with Gasteiger partial charge in [0.05, 0.1) is 12.9 Å². The fourth-order valence-electron chi connectivity index (χ4n) is 2.80. The number of aliphatic hydroxyl groups is 1. The smallest absolute Gasteiger partial charge is 0.411 e. The molecule has 1 saturated heterocycles. The van der Waals surface area contributed by atoms with Gasteiger partial charge in [-0.25, -0.2) is 4.98 Å². The molecule has 12 nitrogen and oxygen atoms in total. The third-order valence-corrected chi connectivity index (χ3v) is 4.20. The van der Waals surface area contributed by atoms with Gasteiger partial charge in [0.2, 0.25) is 11.9 Å². The fourth-order valence-corrected chi connectivity index (χ4v) is 2.80. The summed E-state index contributed by atoms with van der Waals surface area (Å²) in [7, 11) is 0. The Morgan fingerprint density at radius 3 is 2.77 bits per heavy atom. The van der Waals surface area contributed by atoms with Crippen LogP contribution in [0.5, 0.6) is 0 Å². The Bertz CT molecular complexity index is 1030. The molecular formula is C15H17F3N6O6. The van der Waals surface area contributed by atoms with Crippen molar-refractivity contribution in [1.29, 1.82) is 0 Å². The summed E-state index contributed by atoms with van der Waals surface area (Å²) in [5.41, 5.74) is -1.85. The van der Waals surface area contributed by atoms with E-state index in [4.69, 9.17) is 9.94 Å². The van der Waals surface area contributed by atoms with Crippen LogP contribution in [0.3, 0.4) is 0 Å². The zero-order valence-electron chi connectivity index (χ0n) is 15.5. The van der Waals surface area contributed by atoms with Crippen LogP contribution in [-0.2, 0) is 14.3 Å². The van der Waals surface area contributed by atoms with Crippen LogP contribution in [0, 0.1) is 5.92 Å². The molecular weight excluding hydrogens is 417 g/mol. The van der Waals surface area contributed by atoms with Gasteiger partial charge in [-0.05, 0) is 0 Å². The molecule has 0 radical (unpaired) electrons. The monoisotopic (exact) mass is 434 g/mol. The molecule has 0 aromatic carbocycles. The van der Waals surface area contributed by atoms with Crippen molar-refractivity contribution >= 4 is 28.7 Å². The molecule has 1 aliphatic heterocycles. The van der Waals surface area contributed by atoms with Crippen molar-refractivity contribution in [3.63, 3.8) is 0 Å². The highest BCUT2D eigenvalue weighted by Crippen LogP contribution is 2.35. The highest BCUT2D eigenvalue weighted by molar-refractivity contribution is 5.94. The topological polar surface area (TPSA) is 164 Å². The summed E-state index contributed by atoms with van der Waals surface area (Å²) in [6, 6.07) is 0. The van der Waals surface area contributed by atoms with Crippen LogP contribution >= 0.6 is 0 Å². The van der Waals surface area contributed by atoms with Gasteiger partial charge < -0.3 is 15.1 Å². The van der Waals surface area contributed by atoms with Crippen molar-refractivity contribution in [2.45, 2.75) is 38.6 Å². The molecule has 30 heavy (non-hydrogen) atoms. The number of H-pyrrole nitrogens is 1. The summed E-state index contributed by atoms with van der Waals surface area (Å²) in [6.45, 7) is 2.41. The molecule has 15 heteroatoms. The molecule has 1 fully saturated rings. The minimum absolute atomic E-state index is 0.227. The molecule has 1 amide bonds. The van der Waals surface area contributed by atoms with Crippen LogP contribution in [0.25, 0.3) is 11.2 Å². The van der Waals surface area contributed by atoms with Gasteiger partial charge in [0.15, 0.2) is 23.5 Å². The number of carbonyl (C=O) groups is 1. The quantitative estimate of drug-likeness (QED) is 0.386. The Morgan fingerprint density at radius 1 is 1.50 bits per heavy atom. The van der Waals surface area contributed by atoms with Gasteiger partial charge in [-0.1, -0.05) is 19.0 Å². The van der Waals surface area contributed by atoms with E-state index < -0.39 is 54.5 Å². The van der Waals surface area contributed by atoms with Crippen molar-refractivity contribution < 1.29 is 37.8 Å². The highest BCUT2D eigenvalue weighted by Gasteiger charge is 2.50. The summed E-state index contributed by atoms with van der Waals surface area (Å²) < 4.78 is 49.0. The Balaban J connectivity index is 2.08. The Hall–Kier alpha value is -3.04. The van der Waals surface area contributed by atoms with Gasteiger partial charge in [0, 0.05) is 5.92 Å². The molecule has 0 spiro atoms. The van der Waals surface area contributed by atoms with E-state index in [1.165, 1.54) is 0 Å². The number of imidazole rings is 1. The number of nitrogens with one attached hydrogen (secondary N) is 2.